The Hall–Kier alpha value is -1.12. The van der Waals surface area contributed by atoms with Gasteiger partial charge in [-0.3, -0.25) is 4.79 Å². The number of nitrogens with zero attached hydrogens (tertiary/aromatic N) is 1. The molecule has 0 radical (unpaired) electrons. The lowest BCUT2D eigenvalue weighted by molar-refractivity contribution is 0.484. The van der Waals surface area contributed by atoms with Crippen LogP contribution in [0.3, 0.4) is 0 Å². The highest BCUT2D eigenvalue weighted by Crippen LogP contribution is 1.94. The Kier molecular flexibility index (Phi) is 1.85. The number of aromatic nitrogens is 1. The average molecular weight is 141 g/mol. The van der Waals surface area contributed by atoms with E-state index >= 15 is 0 Å². The van der Waals surface area contributed by atoms with Crippen LogP contribution >= 0.6 is 0 Å². The van der Waals surface area contributed by atoms with Crippen molar-refractivity contribution in [3.63, 3.8) is 0 Å². The molecule has 0 aliphatic rings. The van der Waals surface area contributed by atoms with Crippen LogP contribution in [-0.2, 0) is 13.7 Å². The van der Waals surface area contributed by atoms with Crippen LogP contribution in [-0.4, -0.2) is 4.57 Å². The second kappa shape index (κ2) is 2.64. The van der Waals surface area contributed by atoms with Gasteiger partial charge in [0.1, 0.15) is 6.67 Å². The van der Waals surface area contributed by atoms with Gasteiger partial charge in [0.25, 0.3) is 5.56 Å². The Morgan fingerprint density at radius 1 is 1.70 bits per heavy atom. The Bertz CT molecular complexity index is 279. The van der Waals surface area contributed by atoms with Crippen molar-refractivity contribution < 1.29 is 4.39 Å². The lowest BCUT2D eigenvalue weighted by Crippen LogP contribution is -2.14. The van der Waals surface area contributed by atoms with Crippen molar-refractivity contribution in [3.8, 4) is 0 Å². The van der Waals surface area contributed by atoms with Gasteiger partial charge < -0.3 is 4.57 Å². The molecule has 0 amide bonds. The SMILES string of the molecule is Cn1ccc(CF)cc1=O. The molecule has 0 spiro atoms. The summed E-state index contributed by atoms with van der Waals surface area (Å²) < 4.78 is 13.3. The minimum atomic E-state index is -0.573. The molecular weight excluding hydrogens is 133 g/mol. The summed E-state index contributed by atoms with van der Waals surface area (Å²) in [6, 6.07) is 2.88. The second-order valence-electron chi connectivity index (χ2n) is 2.12. The number of pyridine rings is 1. The first-order valence-electron chi connectivity index (χ1n) is 2.95. The molecule has 3 heteroatoms. The van der Waals surface area contributed by atoms with Crippen molar-refractivity contribution in [3.05, 3.63) is 34.2 Å². The molecular formula is C7H8FNO. The van der Waals surface area contributed by atoms with E-state index in [-0.39, 0.29) is 5.56 Å². The van der Waals surface area contributed by atoms with Crippen molar-refractivity contribution in [1.82, 2.24) is 4.57 Å². The quantitative estimate of drug-likeness (QED) is 0.568. The molecule has 1 aromatic heterocycles. The van der Waals surface area contributed by atoms with Crippen LogP contribution in [0.25, 0.3) is 0 Å². The summed E-state index contributed by atoms with van der Waals surface area (Å²) in [5.41, 5.74) is 0.262. The summed E-state index contributed by atoms with van der Waals surface area (Å²) >= 11 is 0. The van der Waals surface area contributed by atoms with Crippen LogP contribution in [0.1, 0.15) is 5.56 Å². The highest BCUT2D eigenvalue weighted by molar-refractivity contribution is 5.09. The predicted octanol–water partition coefficient (Wildman–Crippen LogP) is 0.855. The minimum Gasteiger partial charge on any atom is -0.319 e. The van der Waals surface area contributed by atoms with E-state index in [1.165, 1.54) is 10.6 Å². The van der Waals surface area contributed by atoms with Crippen LogP contribution in [0.4, 0.5) is 4.39 Å². The highest BCUT2D eigenvalue weighted by atomic mass is 19.1. The monoisotopic (exact) mass is 141 g/mol. The Labute approximate surface area is 57.9 Å². The van der Waals surface area contributed by atoms with Gasteiger partial charge in [-0.05, 0) is 11.6 Å². The molecule has 1 heterocycles. The predicted molar refractivity (Wildman–Crippen MR) is 36.5 cm³/mol. The van der Waals surface area contributed by atoms with Gasteiger partial charge in [-0.15, -0.1) is 0 Å². The van der Waals surface area contributed by atoms with Gasteiger partial charge in [0.15, 0.2) is 0 Å². The molecule has 10 heavy (non-hydrogen) atoms. The molecule has 1 rings (SSSR count). The van der Waals surface area contributed by atoms with Gasteiger partial charge in [-0.2, -0.15) is 0 Å². The maximum Gasteiger partial charge on any atom is 0.250 e. The third-order valence-electron chi connectivity index (χ3n) is 1.32. The molecule has 0 aliphatic carbocycles. The van der Waals surface area contributed by atoms with Crippen LogP contribution in [0.15, 0.2) is 23.1 Å². The Morgan fingerprint density at radius 3 is 2.90 bits per heavy atom. The second-order valence-corrected chi connectivity index (χ2v) is 2.12. The molecule has 0 saturated heterocycles. The minimum absolute atomic E-state index is 0.171. The van der Waals surface area contributed by atoms with E-state index in [1.54, 1.807) is 19.3 Å². The number of hydrogen-bond donors (Lipinski definition) is 0. The molecule has 0 bridgehead atoms. The number of rotatable bonds is 1. The first-order valence-corrected chi connectivity index (χ1v) is 2.95. The zero-order chi connectivity index (χ0) is 7.56. The molecule has 0 fully saturated rings. The standard InChI is InChI=1S/C7H8FNO/c1-9-3-2-6(5-8)4-7(9)10/h2-4H,5H2,1H3. The maximum absolute atomic E-state index is 11.9. The Morgan fingerprint density at radius 2 is 2.40 bits per heavy atom. The fourth-order valence-corrected chi connectivity index (χ4v) is 0.673. The van der Waals surface area contributed by atoms with Gasteiger partial charge in [-0.25, -0.2) is 4.39 Å². The summed E-state index contributed by atoms with van der Waals surface area (Å²) in [6.45, 7) is -0.573. The molecule has 2 nitrogen and oxygen atoms in total. The van der Waals surface area contributed by atoms with Gasteiger partial charge in [0.05, 0.1) is 0 Å². The van der Waals surface area contributed by atoms with Gasteiger partial charge in [0.2, 0.25) is 0 Å². The van der Waals surface area contributed by atoms with Gasteiger partial charge in [0, 0.05) is 19.3 Å². The van der Waals surface area contributed by atoms with Crippen molar-refractivity contribution in [2.45, 2.75) is 6.67 Å². The zero-order valence-electron chi connectivity index (χ0n) is 5.67. The lowest BCUT2D eigenvalue weighted by atomic mass is 10.3. The largest absolute Gasteiger partial charge is 0.319 e. The van der Waals surface area contributed by atoms with E-state index in [1.807, 2.05) is 0 Å². The fraction of sp³-hybridized carbons (Fsp3) is 0.286. The number of alkyl halides is 1. The van der Waals surface area contributed by atoms with E-state index in [0.29, 0.717) is 5.56 Å². The number of halogens is 1. The van der Waals surface area contributed by atoms with Crippen molar-refractivity contribution in [2.75, 3.05) is 0 Å². The third kappa shape index (κ3) is 1.23. The first kappa shape index (κ1) is 6.99. The van der Waals surface area contributed by atoms with Crippen LogP contribution in [0.2, 0.25) is 0 Å². The maximum atomic E-state index is 11.9. The van der Waals surface area contributed by atoms with Crippen LogP contribution in [0.5, 0.6) is 0 Å². The number of hydrogen-bond acceptors (Lipinski definition) is 1. The highest BCUT2D eigenvalue weighted by Gasteiger charge is 1.92. The fourth-order valence-electron chi connectivity index (χ4n) is 0.673. The summed E-state index contributed by atoms with van der Waals surface area (Å²) in [6.07, 6.45) is 1.55. The molecule has 0 aromatic carbocycles. The topological polar surface area (TPSA) is 22.0 Å². The van der Waals surface area contributed by atoms with Crippen molar-refractivity contribution in [1.29, 1.82) is 0 Å². The molecule has 1 aromatic rings. The van der Waals surface area contributed by atoms with E-state index in [2.05, 4.69) is 0 Å². The van der Waals surface area contributed by atoms with Crippen molar-refractivity contribution in [2.24, 2.45) is 7.05 Å². The normalized spacial score (nSPS) is 9.80. The molecule has 0 saturated carbocycles. The van der Waals surface area contributed by atoms with E-state index in [4.69, 9.17) is 0 Å². The molecule has 54 valence electrons. The third-order valence-corrected chi connectivity index (χ3v) is 1.32. The number of aryl methyl sites for hydroxylation is 1. The summed E-state index contributed by atoms with van der Waals surface area (Å²) in [7, 11) is 1.63. The van der Waals surface area contributed by atoms with E-state index < -0.39 is 6.67 Å². The summed E-state index contributed by atoms with van der Waals surface area (Å²) in [4.78, 5) is 10.8. The molecule has 0 N–H and O–H groups in total. The summed E-state index contributed by atoms with van der Waals surface area (Å²) in [5, 5.41) is 0. The van der Waals surface area contributed by atoms with E-state index in [0.717, 1.165) is 0 Å². The average Bonchev–Trinajstić information content (AvgIpc) is 1.95. The smallest absolute Gasteiger partial charge is 0.250 e. The van der Waals surface area contributed by atoms with E-state index in [9.17, 15) is 9.18 Å². The molecule has 0 aliphatic heterocycles. The van der Waals surface area contributed by atoms with Gasteiger partial charge in [-0.1, -0.05) is 0 Å². The molecule has 0 atom stereocenters. The first-order chi connectivity index (χ1) is 4.74. The van der Waals surface area contributed by atoms with Crippen LogP contribution < -0.4 is 5.56 Å². The zero-order valence-corrected chi connectivity index (χ0v) is 5.67. The Balaban J connectivity index is 3.17. The van der Waals surface area contributed by atoms with Crippen molar-refractivity contribution >= 4 is 0 Å². The molecule has 0 unspecified atom stereocenters. The lowest BCUT2D eigenvalue weighted by Gasteiger charge is -1.95. The van der Waals surface area contributed by atoms with Crippen LogP contribution in [0, 0.1) is 0 Å². The summed E-state index contributed by atoms with van der Waals surface area (Å²) in [5.74, 6) is 0. The van der Waals surface area contributed by atoms with Gasteiger partial charge >= 0.3 is 0 Å².